The van der Waals surface area contributed by atoms with Gasteiger partial charge < -0.3 is 14.6 Å². The smallest absolute Gasteiger partial charge is 0.302 e. The van der Waals surface area contributed by atoms with Gasteiger partial charge in [-0.1, -0.05) is 53.5 Å². The molecule has 2 N–H and O–H groups in total. The monoisotopic (exact) mass is 509 g/mol. The lowest BCUT2D eigenvalue weighted by molar-refractivity contribution is -0.119. The lowest BCUT2D eigenvalue weighted by atomic mass is 10.0. The molecule has 0 aliphatic carbocycles. The Balaban J connectivity index is 1.48. The van der Waals surface area contributed by atoms with Gasteiger partial charge >= 0.3 is 6.01 Å². The van der Waals surface area contributed by atoms with E-state index in [1.54, 1.807) is 43.4 Å². The molecule has 1 aliphatic heterocycles. The van der Waals surface area contributed by atoms with Crippen molar-refractivity contribution in [3.05, 3.63) is 87.9 Å². The number of hydrogen-bond donors (Lipinski definition) is 2. The number of benzene rings is 3. The highest BCUT2D eigenvalue weighted by molar-refractivity contribution is 7.80. The lowest BCUT2D eigenvalue weighted by Gasteiger charge is -2.21. The number of nitrogens with one attached hydrogen (secondary N) is 2. The maximum atomic E-state index is 13.3. The Morgan fingerprint density at radius 1 is 1.06 bits per heavy atom. The molecule has 2 heterocycles. The molecule has 34 heavy (non-hydrogen) atoms. The third-order valence-corrected chi connectivity index (χ3v) is 5.97. The molecule has 5 rings (SSSR count). The number of halogens is 2. The standard InChI is InChI=1S/C24H17Cl2N5O2S/c1-31-18-9-7-14(25)11-16(18)20(13-5-3-2-4-6-13)28-21(22(31)32)29-24(34)30-23-27-17-12-15(26)8-10-19(17)33-23/h2-12,21H,1H3,(H2,27,29,30,34). The van der Waals surface area contributed by atoms with Crippen molar-refractivity contribution >= 4 is 75.0 Å². The van der Waals surface area contributed by atoms with Crippen LogP contribution in [0.3, 0.4) is 0 Å². The van der Waals surface area contributed by atoms with E-state index >= 15 is 0 Å². The fourth-order valence-electron chi connectivity index (χ4n) is 3.68. The van der Waals surface area contributed by atoms with E-state index in [9.17, 15) is 4.79 Å². The van der Waals surface area contributed by atoms with E-state index in [2.05, 4.69) is 15.6 Å². The van der Waals surface area contributed by atoms with Crippen LogP contribution in [0.5, 0.6) is 0 Å². The van der Waals surface area contributed by atoms with Crippen LogP contribution in [-0.2, 0) is 4.79 Å². The molecule has 1 amide bonds. The zero-order chi connectivity index (χ0) is 23.8. The Morgan fingerprint density at radius 2 is 1.79 bits per heavy atom. The molecule has 4 aromatic rings. The lowest BCUT2D eigenvalue weighted by Crippen LogP contribution is -2.47. The van der Waals surface area contributed by atoms with E-state index in [1.165, 1.54) is 4.90 Å². The van der Waals surface area contributed by atoms with Gasteiger partial charge in [0.25, 0.3) is 5.91 Å². The van der Waals surface area contributed by atoms with Crippen LogP contribution in [0.25, 0.3) is 11.1 Å². The molecular weight excluding hydrogens is 493 g/mol. The number of likely N-dealkylation sites (N-methyl/N-ethyl adjacent to an activating group) is 1. The number of carbonyl (C=O) groups excluding carboxylic acids is 1. The van der Waals surface area contributed by atoms with Gasteiger partial charge in [0.1, 0.15) is 5.52 Å². The molecule has 1 unspecified atom stereocenters. The molecule has 1 atom stereocenters. The summed E-state index contributed by atoms with van der Waals surface area (Å²) in [5, 5.41) is 7.07. The maximum Gasteiger partial charge on any atom is 0.302 e. The van der Waals surface area contributed by atoms with Gasteiger partial charge in [-0.15, -0.1) is 0 Å². The second kappa shape index (κ2) is 9.06. The topological polar surface area (TPSA) is 82.8 Å². The average Bonchev–Trinajstić information content (AvgIpc) is 3.18. The molecule has 0 radical (unpaired) electrons. The quantitative estimate of drug-likeness (QED) is 0.366. The summed E-state index contributed by atoms with van der Waals surface area (Å²) in [5.74, 6) is -0.289. The number of aliphatic imine (C=N–C) groups is 1. The van der Waals surface area contributed by atoms with Crippen LogP contribution in [0.15, 0.2) is 76.1 Å². The van der Waals surface area contributed by atoms with Crippen molar-refractivity contribution in [2.24, 2.45) is 4.99 Å². The molecule has 0 saturated carbocycles. The predicted octanol–water partition coefficient (Wildman–Crippen LogP) is 5.26. The van der Waals surface area contributed by atoms with Gasteiger partial charge in [0.05, 0.1) is 11.4 Å². The summed E-state index contributed by atoms with van der Waals surface area (Å²) >= 11 is 17.7. The predicted molar refractivity (Wildman–Crippen MR) is 139 cm³/mol. The third-order valence-electron chi connectivity index (χ3n) is 5.28. The molecule has 7 nitrogen and oxygen atoms in total. The number of carbonyl (C=O) groups is 1. The van der Waals surface area contributed by atoms with Crippen molar-refractivity contribution in [2.75, 3.05) is 17.3 Å². The van der Waals surface area contributed by atoms with E-state index < -0.39 is 6.17 Å². The minimum atomic E-state index is -0.995. The summed E-state index contributed by atoms with van der Waals surface area (Å²) in [6, 6.07) is 20.2. The molecule has 0 saturated heterocycles. The molecule has 0 spiro atoms. The third kappa shape index (κ3) is 4.35. The van der Waals surface area contributed by atoms with Crippen molar-refractivity contribution in [3.63, 3.8) is 0 Å². The second-order valence-electron chi connectivity index (χ2n) is 7.53. The molecule has 0 fully saturated rings. The molecule has 3 aromatic carbocycles. The largest absolute Gasteiger partial charge is 0.423 e. The molecular formula is C24H17Cl2N5O2S. The first kappa shape index (κ1) is 22.3. The van der Waals surface area contributed by atoms with Crippen LogP contribution >= 0.6 is 35.4 Å². The Morgan fingerprint density at radius 3 is 2.59 bits per heavy atom. The van der Waals surface area contributed by atoms with Crippen LogP contribution in [0.2, 0.25) is 10.0 Å². The van der Waals surface area contributed by atoms with Crippen LogP contribution in [-0.4, -0.2) is 34.9 Å². The number of fused-ring (bicyclic) bond motifs is 2. The summed E-state index contributed by atoms with van der Waals surface area (Å²) in [7, 11) is 1.69. The van der Waals surface area contributed by atoms with Crippen molar-refractivity contribution in [3.8, 4) is 0 Å². The highest BCUT2D eigenvalue weighted by Gasteiger charge is 2.30. The van der Waals surface area contributed by atoms with Gasteiger partial charge in [-0.2, -0.15) is 4.98 Å². The van der Waals surface area contributed by atoms with Crippen molar-refractivity contribution in [1.82, 2.24) is 10.3 Å². The Labute approximate surface area is 210 Å². The zero-order valence-corrected chi connectivity index (χ0v) is 20.1. The highest BCUT2D eigenvalue weighted by Crippen LogP contribution is 2.30. The van der Waals surface area contributed by atoms with Gasteiger partial charge in [-0.25, -0.2) is 4.99 Å². The molecule has 0 bridgehead atoms. The number of nitrogens with zero attached hydrogens (tertiary/aromatic N) is 3. The van der Waals surface area contributed by atoms with Crippen LogP contribution < -0.4 is 15.5 Å². The minimum absolute atomic E-state index is 0.129. The number of oxazole rings is 1. The maximum absolute atomic E-state index is 13.3. The number of amides is 1. The Hall–Kier alpha value is -3.46. The Bertz CT molecular complexity index is 1450. The summed E-state index contributed by atoms with van der Waals surface area (Å²) in [4.78, 5) is 23.9. The van der Waals surface area contributed by atoms with E-state index in [1.807, 2.05) is 30.3 Å². The van der Waals surface area contributed by atoms with E-state index in [-0.39, 0.29) is 17.0 Å². The normalized spacial score (nSPS) is 15.5. The first-order valence-electron chi connectivity index (χ1n) is 10.2. The number of anilines is 2. The van der Waals surface area contributed by atoms with Gasteiger partial charge in [0.2, 0.25) is 6.17 Å². The van der Waals surface area contributed by atoms with Crippen LogP contribution in [0.1, 0.15) is 11.1 Å². The molecule has 1 aromatic heterocycles. The zero-order valence-electron chi connectivity index (χ0n) is 17.8. The first-order chi connectivity index (χ1) is 16.4. The number of aromatic nitrogens is 1. The number of benzodiazepines with no additional fused rings is 1. The van der Waals surface area contributed by atoms with Crippen molar-refractivity contribution in [1.29, 1.82) is 0 Å². The van der Waals surface area contributed by atoms with E-state index in [0.29, 0.717) is 32.5 Å². The minimum Gasteiger partial charge on any atom is -0.423 e. The van der Waals surface area contributed by atoms with Gasteiger partial charge in [0, 0.05) is 28.2 Å². The summed E-state index contributed by atoms with van der Waals surface area (Å²) in [6.45, 7) is 0. The van der Waals surface area contributed by atoms with Crippen LogP contribution in [0, 0.1) is 0 Å². The number of rotatable bonds is 3. The summed E-state index contributed by atoms with van der Waals surface area (Å²) < 4.78 is 5.66. The van der Waals surface area contributed by atoms with Gasteiger partial charge in [-0.3, -0.25) is 10.1 Å². The Kier molecular flexibility index (Phi) is 5.95. The van der Waals surface area contributed by atoms with Crippen molar-refractivity contribution in [2.45, 2.75) is 6.17 Å². The number of hydrogen-bond acceptors (Lipinski definition) is 5. The van der Waals surface area contributed by atoms with Gasteiger partial charge in [-0.05, 0) is 48.6 Å². The average molecular weight is 510 g/mol. The van der Waals surface area contributed by atoms with E-state index in [4.69, 9.17) is 44.8 Å². The molecule has 10 heteroatoms. The summed E-state index contributed by atoms with van der Waals surface area (Å²) in [5.41, 5.74) is 4.03. The van der Waals surface area contributed by atoms with Gasteiger partial charge in [0.15, 0.2) is 10.7 Å². The van der Waals surface area contributed by atoms with Crippen LogP contribution in [0.4, 0.5) is 11.7 Å². The molecule has 1 aliphatic rings. The fraction of sp³-hybridized carbons (Fsp3) is 0.0833. The summed E-state index contributed by atoms with van der Waals surface area (Å²) in [6.07, 6.45) is -0.995. The SMILES string of the molecule is CN1C(=O)C(NC(=S)Nc2nc3cc(Cl)ccc3o2)N=C(c2ccccc2)c2cc(Cl)ccc21. The van der Waals surface area contributed by atoms with E-state index in [0.717, 1.165) is 11.1 Å². The number of thiocarbonyl (C=S) groups is 1. The second-order valence-corrected chi connectivity index (χ2v) is 8.82. The molecule has 170 valence electrons. The van der Waals surface area contributed by atoms with Crippen molar-refractivity contribution < 1.29 is 9.21 Å². The highest BCUT2D eigenvalue weighted by atomic mass is 35.5. The first-order valence-corrected chi connectivity index (χ1v) is 11.4. The fourth-order valence-corrected chi connectivity index (χ4v) is 4.22.